The lowest BCUT2D eigenvalue weighted by Gasteiger charge is -2.20. The van der Waals surface area contributed by atoms with Crippen molar-refractivity contribution in [2.24, 2.45) is 0 Å². The first-order chi connectivity index (χ1) is 12.2. The molecule has 0 amide bonds. The van der Waals surface area contributed by atoms with Crippen molar-refractivity contribution in [3.63, 3.8) is 0 Å². The SMILES string of the molecule is CCn1ncc(-c2ccc(OCCCN3CCCC3C)cc2)cc1=O. The number of aryl methyl sites for hydroxylation is 1. The Labute approximate surface area is 149 Å². The lowest BCUT2D eigenvalue weighted by molar-refractivity contribution is 0.230. The highest BCUT2D eigenvalue weighted by molar-refractivity contribution is 5.62. The molecule has 25 heavy (non-hydrogen) atoms. The normalized spacial score (nSPS) is 17.8. The van der Waals surface area contributed by atoms with E-state index in [1.807, 2.05) is 31.2 Å². The highest BCUT2D eigenvalue weighted by Gasteiger charge is 2.18. The maximum Gasteiger partial charge on any atom is 0.267 e. The monoisotopic (exact) mass is 341 g/mol. The van der Waals surface area contributed by atoms with Crippen LogP contribution in [-0.2, 0) is 6.54 Å². The Bertz CT molecular complexity index is 739. The molecular formula is C20H27N3O2. The summed E-state index contributed by atoms with van der Waals surface area (Å²) >= 11 is 0. The van der Waals surface area contributed by atoms with Crippen molar-refractivity contribution in [3.8, 4) is 16.9 Å². The van der Waals surface area contributed by atoms with Crippen LogP contribution in [0.15, 0.2) is 41.3 Å². The minimum atomic E-state index is -0.0727. The summed E-state index contributed by atoms with van der Waals surface area (Å²) in [6.07, 6.45) is 5.42. The van der Waals surface area contributed by atoms with Gasteiger partial charge < -0.3 is 9.64 Å². The number of nitrogens with zero attached hydrogens (tertiary/aromatic N) is 3. The molecule has 134 valence electrons. The highest BCUT2D eigenvalue weighted by Crippen LogP contribution is 2.21. The van der Waals surface area contributed by atoms with Crippen molar-refractivity contribution >= 4 is 0 Å². The molecule has 1 aromatic heterocycles. The summed E-state index contributed by atoms with van der Waals surface area (Å²) in [6, 6.07) is 10.2. The average molecular weight is 341 g/mol. The predicted octanol–water partition coefficient (Wildman–Crippen LogP) is 3.18. The van der Waals surface area contributed by atoms with Crippen molar-refractivity contribution in [2.75, 3.05) is 19.7 Å². The van der Waals surface area contributed by atoms with Gasteiger partial charge in [0.05, 0.1) is 12.8 Å². The van der Waals surface area contributed by atoms with Gasteiger partial charge in [0.2, 0.25) is 0 Å². The maximum atomic E-state index is 11.9. The van der Waals surface area contributed by atoms with E-state index >= 15 is 0 Å². The van der Waals surface area contributed by atoms with Gasteiger partial charge in [0.15, 0.2) is 0 Å². The molecule has 2 heterocycles. The predicted molar refractivity (Wildman–Crippen MR) is 100.0 cm³/mol. The van der Waals surface area contributed by atoms with Gasteiger partial charge in [-0.3, -0.25) is 4.79 Å². The summed E-state index contributed by atoms with van der Waals surface area (Å²) in [6.45, 7) is 7.86. The summed E-state index contributed by atoms with van der Waals surface area (Å²) in [4.78, 5) is 14.4. The van der Waals surface area contributed by atoms with Crippen molar-refractivity contribution < 1.29 is 4.74 Å². The zero-order chi connectivity index (χ0) is 17.6. The van der Waals surface area contributed by atoms with E-state index in [0.717, 1.165) is 42.5 Å². The molecule has 5 heteroatoms. The zero-order valence-corrected chi connectivity index (χ0v) is 15.1. The second-order valence-corrected chi connectivity index (χ2v) is 6.65. The molecule has 0 spiro atoms. The van der Waals surface area contributed by atoms with Crippen LogP contribution < -0.4 is 10.3 Å². The van der Waals surface area contributed by atoms with Gasteiger partial charge in [-0.25, -0.2) is 4.68 Å². The van der Waals surface area contributed by atoms with Crippen molar-refractivity contribution in [2.45, 2.75) is 45.7 Å². The van der Waals surface area contributed by atoms with Gasteiger partial charge in [-0.05, 0) is 57.4 Å². The van der Waals surface area contributed by atoms with Crippen LogP contribution in [0.4, 0.5) is 0 Å². The number of aromatic nitrogens is 2. The third-order valence-electron chi connectivity index (χ3n) is 4.91. The third-order valence-corrected chi connectivity index (χ3v) is 4.91. The quantitative estimate of drug-likeness (QED) is 0.726. The van der Waals surface area contributed by atoms with Crippen LogP contribution in [0.5, 0.6) is 5.75 Å². The molecule has 5 nitrogen and oxygen atoms in total. The topological polar surface area (TPSA) is 47.4 Å². The molecule has 0 aliphatic carbocycles. The smallest absolute Gasteiger partial charge is 0.267 e. The molecule has 0 saturated carbocycles. The average Bonchev–Trinajstić information content (AvgIpc) is 3.04. The number of ether oxygens (including phenoxy) is 1. The van der Waals surface area contributed by atoms with Crippen LogP contribution in [0.2, 0.25) is 0 Å². The lowest BCUT2D eigenvalue weighted by Crippen LogP contribution is -2.28. The van der Waals surface area contributed by atoms with Crippen LogP contribution in [0, 0.1) is 0 Å². The summed E-state index contributed by atoms with van der Waals surface area (Å²) < 4.78 is 7.29. The van der Waals surface area contributed by atoms with E-state index in [4.69, 9.17) is 4.74 Å². The molecule has 0 bridgehead atoms. The number of hydrogen-bond donors (Lipinski definition) is 0. The second-order valence-electron chi connectivity index (χ2n) is 6.65. The van der Waals surface area contributed by atoms with E-state index in [1.165, 1.54) is 24.1 Å². The minimum Gasteiger partial charge on any atom is -0.494 e. The van der Waals surface area contributed by atoms with E-state index < -0.39 is 0 Å². The Hall–Kier alpha value is -2.14. The van der Waals surface area contributed by atoms with Crippen molar-refractivity contribution in [1.29, 1.82) is 0 Å². The van der Waals surface area contributed by atoms with Gasteiger partial charge >= 0.3 is 0 Å². The fourth-order valence-corrected chi connectivity index (χ4v) is 3.36. The Balaban J connectivity index is 1.52. The third kappa shape index (κ3) is 4.48. The zero-order valence-electron chi connectivity index (χ0n) is 15.1. The van der Waals surface area contributed by atoms with Crippen LogP contribution in [0.25, 0.3) is 11.1 Å². The number of benzene rings is 1. The number of likely N-dealkylation sites (tertiary alicyclic amines) is 1. The molecule has 1 aliphatic heterocycles. The van der Waals surface area contributed by atoms with Crippen LogP contribution in [-0.4, -0.2) is 40.4 Å². The first-order valence-electron chi connectivity index (χ1n) is 9.22. The Morgan fingerprint density at radius 3 is 2.68 bits per heavy atom. The summed E-state index contributed by atoms with van der Waals surface area (Å²) in [5.41, 5.74) is 1.74. The molecule has 1 saturated heterocycles. The fraction of sp³-hybridized carbons (Fsp3) is 0.500. The van der Waals surface area contributed by atoms with Gasteiger partial charge in [-0.15, -0.1) is 0 Å². The molecule has 1 atom stereocenters. The standard InChI is InChI=1S/C20H27N3O2/c1-3-23-20(24)14-18(15-21-23)17-7-9-19(10-8-17)25-13-5-12-22-11-4-6-16(22)2/h7-10,14-16H,3-6,11-13H2,1-2H3. The molecule has 1 aliphatic rings. The molecule has 1 aromatic carbocycles. The van der Waals surface area contributed by atoms with Crippen molar-refractivity contribution in [3.05, 3.63) is 46.9 Å². The van der Waals surface area contributed by atoms with Gasteiger partial charge in [0.1, 0.15) is 5.75 Å². The largest absolute Gasteiger partial charge is 0.494 e. The van der Waals surface area contributed by atoms with Gasteiger partial charge in [-0.2, -0.15) is 5.10 Å². The molecule has 0 radical (unpaired) electrons. The fourth-order valence-electron chi connectivity index (χ4n) is 3.36. The van der Waals surface area contributed by atoms with Crippen LogP contribution in [0.1, 0.15) is 33.1 Å². The maximum absolute atomic E-state index is 11.9. The Kier molecular flexibility index (Phi) is 5.87. The van der Waals surface area contributed by atoms with Crippen LogP contribution in [0.3, 0.4) is 0 Å². The molecule has 3 rings (SSSR count). The van der Waals surface area contributed by atoms with Crippen molar-refractivity contribution in [1.82, 2.24) is 14.7 Å². The molecule has 1 fully saturated rings. The molecule has 2 aromatic rings. The first kappa shape index (κ1) is 17.7. The lowest BCUT2D eigenvalue weighted by atomic mass is 10.1. The van der Waals surface area contributed by atoms with Gasteiger partial charge in [-0.1, -0.05) is 12.1 Å². The highest BCUT2D eigenvalue weighted by atomic mass is 16.5. The van der Waals surface area contributed by atoms with E-state index in [-0.39, 0.29) is 5.56 Å². The summed E-state index contributed by atoms with van der Waals surface area (Å²) in [5.74, 6) is 0.869. The van der Waals surface area contributed by atoms with E-state index in [1.54, 1.807) is 12.3 Å². The summed E-state index contributed by atoms with van der Waals surface area (Å²) in [5, 5.41) is 4.17. The molecule has 0 N–H and O–H groups in total. The summed E-state index contributed by atoms with van der Waals surface area (Å²) in [7, 11) is 0. The van der Waals surface area contributed by atoms with E-state index in [0.29, 0.717) is 6.54 Å². The first-order valence-corrected chi connectivity index (χ1v) is 9.22. The Morgan fingerprint density at radius 2 is 2.04 bits per heavy atom. The second kappa shape index (κ2) is 8.30. The number of hydrogen-bond acceptors (Lipinski definition) is 4. The molecular weight excluding hydrogens is 314 g/mol. The van der Waals surface area contributed by atoms with E-state index in [9.17, 15) is 4.79 Å². The minimum absolute atomic E-state index is 0.0727. The Morgan fingerprint density at radius 1 is 1.24 bits per heavy atom. The van der Waals surface area contributed by atoms with Crippen LogP contribution >= 0.6 is 0 Å². The van der Waals surface area contributed by atoms with Gasteiger partial charge in [0, 0.05) is 30.8 Å². The number of rotatable bonds is 7. The van der Waals surface area contributed by atoms with Gasteiger partial charge in [0.25, 0.3) is 5.56 Å². The van der Waals surface area contributed by atoms with E-state index in [2.05, 4.69) is 16.9 Å². The molecule has 1 unspecified atom stereocenters.